The average molecular weight is 408 g/mol. The van der Waals surface area contributed by atoms with Gasteiger partial charge in [-0.25, -0.2) is 4.98 Å². The SMILES string of the molecule is COc1cccc(OC)c1C(=O)Nc1cc(-c2nc3ccccc3[nH]2)ccc1Cl. The van der Waals surface area contributed by atoms with Crippen LogP contribution in [0.5, 0.6) is 11.5 Å². The molecule has 1 amide bonds. The summed E-state index contributed by atoms with van der Waals surface area (Å²) in [5, 5.41) is 3.26. The maximum absolute atomic E-state index is 13.0. The lowest BCUT2D eigenvalue weighted by molar-refractivity contribution is 0.102. The van der Waals surface area contributed by atoms with E-state index in [1.807, 2.05) is 30.3 Å². The van der Waals surface area contributed by atoms with Gasteiger partial charge in [0.15, 0.2) is 0 Å². The number of carbonyl (C=O) groups is 1. The smallest absolute Gasteiger partial charge is 0.263 e. The number of carbonyl (C=O) groups excluding carboxylic acids is 1. The number of aromatic amines is 1. The second-order valence-corrected chi connectivity index (χ2v) is 6.70. The normalized spacial score (nSPS) is 10.7. The third-order valence-corrected chi connectivity index (χ3v) is 4.86. The topological polar surface area (TPSA) is 76.2 Å². The van der Waals surface area contributed by atoms with Crippen molar-refractivity contribution in [2.45, 2.75) is 0 Å². The van der Waals surface area contributed by atoms with Crippen molar-refractivity contribution in [2.75, 3.05) is 19.5 Å². The van der Waals surface area contributed by atoms with Crippen LogP contribution < -0.4 is 14.8 Å². The van der Waals surface area contributed by atoms with Gasteiger partial charge in [-0.3, -0.25) is 4.79 Å². The van der Waals surface area contributed by atoms with Crippen molar-refractivity contribution in [3.05, 3.63) is 71.2 Å². The number of nitrogens with zero attached hydrogens (tertiary/aromatic N) is 1. The van der Waals surface area contributed by atoms with E-state index in [0.29, 0.717) is 33.6 Å². The van der Waals surface area contributed by atoms with E-state index in [-0.39, 0.29) is 5.91 Å². The van der Waals surface area contributed by atoms with Gasteiger partial charge in [-0.1, -0.05) is 29.8 Å². The van der Waals surface area contributed by atoms with E-state index in [1.165, 1.54) is 14.2 Å². The number of para-hydroxylation sites is 2. The first-order valence-corrected chi connectivity index (χ1v) is 9.25. The van der Waals surface area contributed by atoms with Crippen LogP contribution in [0.25, 0.3) is 22.4 Å². The summed E-state index contributed by atoms with van der Waals surface area (Å²) in [5.41, 5.74) is 3.35. The Morgan fingerprint density at radius 2 is 1.72 bits per heavy atom. The van der Waals surface area contributed by atoms with Crippen molar-refractivity contribution >= 4 is 34.2 Å². The second kappa shape index (κ2) is 7.85. The van der Waals surface area contributed by atoms with E-state index in [1.54, 1.807) is 30.3 Å². The molecule has 0 fully saturated rings. The van der Waals surface area contributed by atoms with Crippen molar-refractivity contribution < 1.29 is 14.3 Å². The summed E-state index contributed by atoms with van der Waals surface area (Å²) in [7, 11) is 3.00. The highest BCUT2D eigenvalue weighted by molar-refractivity contribution is 6.34. The van der Waals surface area contributed by atoms with Crippen LogP contribution in [-0.4, -0.2) is 30.1 Å². The molecule has 0 saturated carbocycles. The number of imidazole rings is 1. The van der Waals surface area contributed by atoms with Gasteiger partial charge in [0.05, 0.1) is 36.0 Å². The van der Waals surface area contributed by atoms with E-state index in [4.69, 9.17) is 21.1 Å². The molecule has 0 atom stereocenters. The zero-order valence-electron chi connectivity index (χ0n) is 15.8. The van der Waals surface area contributed by atoms with Crippen LogP contribution in [-0.2, 0) is 0 Å². The van der Waals surface area contributed by atoms with Crippen LogP contribution >= 0.6 is 11.6 Å². The monoisotopic (exact) mass is 407 g/mol. The standard InChI is InChI=1S/C22H18ClN3O3/c1-28-18-8-5-9-19(29-2)20(18)22(27)26-17-12-13(10-11-14(17)23)21-24-15-6-3-4-7-16(15)25-21/h3-12H,1-2H3,(H,24,25)(H,26,27). The molecule has 0 aliphatic rings. The van der Waals surface area contributed by atoms with Crippen LogP contribution in [0.1, 0.15) is 10.4 Å². The van der Waals surface area contributed by atoms with Crippen LogP contribution in [0, 0.1) is 0 Å². The van der Waals surface area contributed by atoms with E-state index in [9.17, 15) is 4.79 Å². The minimum Gasteiger partial charge on any atom is -0.496 e. The number of ether oxygens (including phenoxy) is 2. The second-order valence-electron chi connectivity index (χ2n) is 6.29. The van der Waals surface area contributed by atoms with Crippen LogP contribution in [0.15, 0.2) is 60.7 Å². The third kappa shape index (κ3) is 3.62. The highest BCUT2D eigenvalue weighted by Gasteiger charge is 2.19. The lowest BCUT2D eigenvalue weighted by Crippen LogP contribution is -2.15. The number of fused-ring (bicyclic) bond motifs is 1. The minimum atomic E-state index is -0.386. The molecular weight excluding hydrogens is 390 g/mol. The van der Waals surface area contributed by atoms with Gasteiger partial charge in [-0.2, -0.15) is 0 Å². The molecule has 2 N–H and O–H groups in total. The molecule has 0 radical (unpaired) electrons. The highest BCUT2D eigenvalue weighted by atomic mass is 35.5. The van der Waals surface area contributed by atoms with E-state index in [0.717, 1.165) is 16.6 Å². The molecule has 3 aromatic carbocycles. The number of amides is 1. The average Bonchev–Trinajstić information content (AvgIpc) is 3.18. The Hall–Kier alpha value is -3.51. The Morgan fingerprint density at radius 1 is 1.00 bits per heavy atom. The number of H-pyrrole nitrogens is 1. The lowest BCUT2D eigenvalue weighted by Gasteiger charge is -2.14. The van der Waals surface area contributed by atoms with E-state index >= 15 is 0 Å². The molecule has 0 saturated heterocycles. The summed E-state index contributed by atoms with van der Waals surface area (Å²) in [6.45, 7) is 0. The predicted molar refractivity (Wildman–Crippen MR) is 114 cm³/mol. The highest BCUT2D eigenvalue weighted by Crippen LogP contribution is 2.32. The number of anilines is 1. The van der Waals surface area contributed by atoms with Crippen molar-refractivity contribution in [1.82, 2.24) is 9.97 Å². The molecule has 0 spiro atoms. The van der Waals surface area contributed by atoms with Gasteiger partial charge >= 0.3 is 0 Å². The molecule has 0 aliphatic carbocycles. The molecule has 146 valence electrons. The first kappa shape index (κ1) is 18.8. The van der Waals surface area contributed by atoms with Crippen molar-refractivity contribution in [3.8, 4) is 22.9 Å². The molecule has 1 aromatic heterocycles. The number of halogens is 1. The first-order chi connectivity index (χ1) is 14.1. The molecule has 1 heterocycles. The molecular formula is C22H18ClN3O3. The van der Waals surface area contributed by atoms with E-state index < -0.39 is 0 Å². The van der Waals surface area contributed by atoms with Gasteiger partial charge in [0.1, 0.15) is 22.9 Å². The quantitative estimate of drug-likeness (QED) is 0.479. The van der Waals surface area contributed by atoms with Gasteiger partial charge in [0, 0.05) is 5.56 Å². The summed E-state index contributed by atoms with van der Waals surface area (Å²) in [6, 6.07) is 18.3. The number of benzene rings is 3. The fraction of sp³-hybridized carbons (Fsp3) is 0.0909. The van der Waals surface area contributed by atoms with Crippen LogP contribution in [0.2, 0.25) is 5.02 Å². The van der Waals surface area contributed by atoms with Gasteiger partial charge < -0.3 is 19.8 Å². The van der Waals surface area contributed by atoms with Crippen molar-refractivity contribution in [2.24, 2.45) is 0 Å². The van der Waals surface area contributed by atoms with Gasteiger partial charge in [0.25, 0.3) is 5.91 Å². The van der Waals surface area contributed by atoms with Crippen molar-refractivity contribution in [3.63, 3.8) is 0 Å². The largest absolute Gasteiger partial charge is 0.496 e. The molecule has 0 unspecified atom stereocenters. The Morgan fingerprint density at radius 3 is 2.41 bits per heavy atom. The summed E-state index contributed by atoms with van der Waals surface area (Å²) < 4.78 is 10.6. The summed E-state index contributed by atoms with van der Waals surface area (Å²) in [4.78, 5) is 20.8. The first-order valence-electron chi connectivity index (χ1n) is 8.87. The fourth-order valence-corrected chi connectivity index (χ4v) is 3.28. The maximum atomic E-state index is 13.0. The number of hydrogen-bond acceptors (Lipinski definition) is 4. The zero-order valence-corrected chi connectivity index (χ0v) is 16.6. The lowest BCUT2D eigenvalue weighted by atomic mass is 10.1. The fourth-order valence-electron chi connectivity index (χ4n) is 3.12. The Labute approximate surface area is 172 Å². The molecule has 0 aliphatic heterocycles. The third-order valence-electron chi connectivity index (χ3n) is 4.53. The van der Waals surface area contributed by atoms with Gasteiger partial charge in [-0.15, -0.1) is 0 Å². The Balaban J connectivity index is 1.69. The van der Waals surface area contributed by atoms with Crippen molar-refractivity contribution in [1.29, 1.82) is 0 Å². The Bertz CT molecular complexity index is 1150. The summed E-state index contributed by atoms with van der Waals surface area (Å²) >= 11 is 6.33. The molecule has 29 heavy (non-hydrogen) atoms. The number of nitrogens with one attached hydrogen (secondary N) is 2. The maximum Gasteiger partial charge on any atom is 0.263 e. The number of rotatable bonds is 5. The molecule has 6 nitrogen and oxygen atoms in total. The molecule has 7 heteroatoms. The summed E-state index contributed by atoms with van der Waals surface area (Å²) in [6.07, 6.45) is 0. The van der Waals surface area contributed by atoms with Gasteiger partial charge in [-0.05, 0) is 42.5 Å². The molecule has 0 bridgehead atoms. The van der Waals surface area contributed by atoms with Crippen LogP contribution in [0.4, 0.5) is 5.69 Å². The molecule has 4 aromatic rings. The van der Waals surface area contributed by atoms with Gasteiger partial charge in [0.2, 0.25) is 0 Å². The number of methoxy groups -OCH3 is 2. The molecule has 4 rings (SSSR count). The Kier molecular flexibility index (Phi) is 5.10. The zero-order chi connectivity index (χ0) is 20.4. The number of hydrogen-bond donors (Lipinski definition) is 2. The predicted octanol–water partition coefficient (Wildman–Crippen LogP) is 5.15. The van der Waals surface area contributed by atoms with E-state index in [2.05, 4.69) is 15.3 Å². The number of aromatic nitrogens is 2. The minimum absolute atomic E-state index is 0.294. The summed E-state index contributed by atoms with van der Waals surface area (Å²) in [5.74, 6) is 1.12. The van der Waals surface area contributed by atoms with Crippen LogP contribution in [0.3, 0.4) is 0 Å².